The molecule has 0 aliphatic rings. The Kier molecular flexibility index (Phi) is 9.14. The highest BCUT2D eigenvalue weighted by Crippen LogP contribution is 2.25. The normalized spacial score (nSPS) is 12.5. The van der Waals surface area contributed by atoms with Gasteiger partial charge in [-0.1, -0.05) is 77.3 Å². The molecule has 0 aliphatic carbocycles. The molecule has 0 unspecified atom stereocenters. The molecular weight excluding hydrogens is 491 g/mol. The van der Waals surface area contributed by atoms with Crippen LogP contribution in [0.1, 0.15) is 30.0 Å². The lowest BCUT2D eigenvalue weighted by atomic mass is 10.1. The Bertz CT molecular complexity index is 1220. The van der Waals surface area contributed by atoms with E-state index in [0.29, 0.717) is 15.6 Å². The zero-order valence-corrected chi connectivity index (χ0v) is 21.5. The number of nitrogens with zero attached hydrogens (tertiary/aromatic N) is 1. The molecular formula is C26H28Cl2N2O3S. The zero-order valence-electron chi connectivity index (χ0n) is 19.2. The van der Waals surface area contributed by atoms with Crippen molar-refractivity contribution in [2.24, 2.45) is 0 Å². The van der Waals surface area contributed by atoms with E-state index >= 15 is 0 Å². The zero-order chi connectivity index (χ0) is 24.7. The van der Waals surface area contributed by atoms with Gasteiger partial charge >= 0.3 is 0 Å². The monoisotopic (exact) mass is 518 g/mol. The van der Waals surface area contributed by atoms with E-state index < -0.39 is 10.0 Å². The van der Waals surface area contributed by atoms with Crippen molar-refractivity contribution in [3.8, 4) is 0 Å². The van der Waals surface area contributed by atoms with E-state index in [2.05, 4.69) is 5.32 Å². The van der Waals surface area contributed by atoms with Crippen molar-refractivity contribution in [1.82, 2.24) is 9.62 Å². The second-order valence-electron chi connectivity index (χ2n) is 8.33. The predicted molar refractivity (Wildman–Crippen MR) is 138 cm³/mol. The number of rotatable bonds is 10. The number of halogens is 2. The molecule has 0 aliphatic heterocycles. The number of sulfonamides is 1. The van der Waals surface area contributed by atoms with Gasteiger partial charge in [0.1, 0.15) is 0 Å². The maximum absolute atomic E-state index is 13.4. The van der Waals surface area contributed by atoms with Gasteiger partial charge in [0.05, 0.1) is 21.5 Å². The lowest BCUT2D eigenvalue weighted by molar-refractivity contribution is -0.122. The smallest absolute Gasteiger partial charge is 0.243 e. The molecule has 1 N–H and O–H groups in total. The van der Waals surface area contributed by atoms with Gasteiger partial charge in [0, 0.05) is 12.6 Å². The van der Waals surface area contributed by atoms with Crippen LogP contribution < -0.4 is 5.32 Å². The van der Waals surface area contributed by atoms with Crippen LogP contribution >= 0.6 is 23.2 Å². The molecule has 1 amide bonds. The topological polar surface area (TPSA) is 66.5 Å². The molecule has 0 fully saturated rings. The van der Waals surface area contributed by atoms with Gasteiger partial charge < -0.3 is 5.32 Å². The second-order valence-corrected chi connectivity index (χ2v) is 11.1. The quantitative estimate of drug-likeness (QED) is 0.378. The average molecular weight is 519 g/mol. The highest BCUT2D eigenvalue weighted by molar-refractivity contribution is 7.89. The number of carbonyl (C=O) groups excluding carboxylic acids is 1. The first-order chi connectivity index (χ1) is 16.1. The molecule has 3 rings (SSSR count). The number of aryl methyl sites for hydroxylation is 2. The second kappa shape index (κ2) is 11.8. The fourth-order valence-corrected chi connectivity index (χ4v) is 5.21. The summed E-state index contributed by atoms with van der Waals surface area (Å²) in [7, 11) is -3.93. The summed E-state index contributed by atoms with van der Waals surface area (Å²) in [5, 5.41) is 3.63. The minimum atomic E-state index is -3.93. The molecule has 0 saturated carbocycles. The van der Waals surface area contributed by atoms with Crippen molar-refractivity contribution in [3.63, 3.8) is 0 Å². The summed E-state index contributed by atoms with van der Waals surface area (Å²) >= 11 is 12.1. The maximum atomic E-state index is 13.4. The first kappa shape index (κ1) is 26.2. The SMILES string of the molecule is Cc1ccc(S(=O)(=O)N(CC(=O)N[C@H](C)CCc2ccccc2)Cc2ccc(Cl)c(Cl)c2)cc1. The highest BCUT2D eigenvalue weighted by atomic mass is 35.5. The van der Waals surface area contributed by atoms with Gasteiger partial charge in [-0.25, -0.2) is 8.42 Å². The Hall–Kier alpha value is -2.38. The van der Waals surface area contributed by atoms with Crippen LogP contribution in [0.3, 0.4) is 0 Å². The molecule has 3 aromatic rings. The molecule has 0 aromatic heterocycles. The highest BCUT2D eigenvalue weighted by Gasteiger charge is 2.27. The Morgan fingerprint density at radius 2 is 1.62 bits per heavy atom. The molecule has 34 heavy (non-hydrogen) atoms. The third-order valence-corrected chi connectivity index (χ3v) is 7.98. The fourth-order valence-electron chi connectivity index (χ4n) is 3.51. The average Bonchev–Trinajstić information content (AvgIpc) is 2.80. The van der Waals surface area contributed by atoms with Gasteiger partial charge in [-0.15, -0.1) is 0 Å². The van der Waals surface area contributed by atoms with Crippen molar-refractivity contribution < 1.29 is 13.2 Å². The van der Waals surface area contributed by atoms with Gasteiger partial charge in [0.15, 0.2) is 0 Å². The summed E-state index contributed by atoms with van der Waals surface area (Å²) in [6, 6.07) is 21.4. The first-order valence-corrected chi connectivity index (χ1v) is 13.2. The van der Waals surface area contributed by atoms with E-state index in [9.17, 15) is 13.2 Å². The van der Waals surface area contributed by atoms with Crippen molar-refractivity contribution in [1.29, 1.82) is 0 Å². The Balaban J connectivity index is 1.75. The predicted octanol–water partition coefficient (Wildman–Crippen LogP) is 5.63. The number of amides is 1. The number of carbonyl (C=O) groups is 1. The summed E-state index contributed by atoms with van der Waals surface area (Å²) in [6.07, 6.45) is 1.56. The molecule has 0 radical (unpaired) electrons. The van der Waals surface area contributed by atoms with E-state index in [0.717, 1.165) is 22.7 Å². The summed E-state index contributed by atoms with van der Waals surface area (Å²) in [5.74, 6) is -0.365. The molecule has 0 heterocycles. The Morgan fingerprint density at radius 3 is 2.26 bits per heavy atom. The van der Waals surface area contributed by atoms with Crippen molar-refractivity contribution >= 4 is 39.1 Å². The van der Waals surface area contributed by atoms with Crippen LogP contribution in [0.4, 0.5) is 0 Å². The number of hydrogen-bond donors (Lipinski definition) is 1. The van der Waals surface area contributed by atoms with Gasteiger partial charge in [0.2, 0.25) is 15.9 Å². The third-order valence-electron chi connectivity index (χ3n) is 5.44. The lowest BCUT2D eigenvalue weighted by Crippen LogP contribution is -2.43. The minimum Gasteiger partial charge on any atom is -0.352 e. The lowest BCUT2D eigenvalue weighted by Gasteiger charge is -2.23. The largest absolute Gasteiger partial charge is 0.352 e. The van der Waals surface area contributed by atoms with Crippen LogP contribution in [0.5, 0.6) is 0 Å². The van der Waals surface area contributed by atoms with Gasteiger partial charge in [-0.05, 0) is 62.1 Å². The first-order valence-electron chi connectivity index (χ1n) is 11.0. The Morgan fingerprint density at radius 1 is 0.941 bits per heavy atom. The van der Waals surface area contributed by atoms with Crippen LogP contribution in [0.2, 0.25) is 10.0 Å². The molecule has 0 saturated heterocycles. The van der Waals surface area contributed by atoms with E-state index in [1.165, 1.54) is 5.56 Å². The summed E-state index contributed by atoms with van der Waals surface area (Å²) in [6.45, 7) is 3.47. The number of hydrogen-bond acceptors (Lipinski definition) is 3. The van der Waals surface area contributed by atoms with Crippen molar-refractivity contribution in [3.05, 3.63) is 99.5 Å². The molecule has 5 nitrogen and oxygen atoms in total. The molecule has 180 valence electrons. The Labute approximate surface area is 211 Å². The van der Waals surface area contributed by atoms with Crippen LogP contribution in [-0.2, 0) is 27.8 Å². The van der Waals surface area contributed by atoms with Crippen LogP contribution in [0.15, 0.2) is 77.7 Å². The summed E-state index contributed by atoms with van der Waals surface area (Å²) < 4.78 is 28.0. The fraction of sp³-hybridized carbons (Fsp3) is 0.269. The summed E-state index contributed by atoms with van der Waals surface area (Å²) in [4.78, 5) is 13.0. The van der Waals surface area contributed by atoms with Crippen LogP contribution in [0.25, 0.3) is 0 Å². The van der Waals surface area contributed by atoms with Gasteiger partial charge in [-0.3, -0.25) is 4.79 Å². The molecule has 8 heteroatoms. The van der Waals surface area contributed by atoms with Crippen molar-refractivity contribution in [2.75, 3.05) is 6.54 Å². The third kappa shape index (κ3) is 7.31. The minimum absolute atomic E-state index is 0.0150. The van der Waals surface area contributed by atoms with Gasteiger partial charge in [0.25, 0.3) is 0 Å². The van der Waals surface area contributed by atoms with E-state index in [4.69, 9.17) is 23.2 Å². The molecule has 0 bridgehead atoms. The molecule has 3 aromatic carbocycles. The van der Waals surface area contributed by atoms with Gasteiger partial charge in [-0.2, -0.15) is 4.31 Å². The van der Waals surface area contributed by atoms with Crippen LogP contribution in [-0.4, -0.2) is 31.2 Å². The van der Waals surface area contributed by atoms with E-state index in [1.54, 1.807) is 42.5 Å². The number of nitrogens with one attached hydrogen (secondary N) is 1. The van der Waals surface area contributed by atoms with Crippen LogP contribution in [0, 0.1) is 6.92 Å². The van der Waals surface area contributed by atoms with E-state index in [-0.39, 0.29) is 29.9 Å². The van der Waals surface area contributed by atoms with E-state index in [1.807, 2.05) is 44.2 Å². The summed E-state index contributed by atoms with van der Waals surface area (Å²) in [5.41, 5.74) is 2.77. The molecule has 0 spiro atoms. The maximum Gasteiger partial charge on any atom is 0.243 e. The standard InChI is InChI=1S/C26H28Cl2N2O3S/c1-19-8-13-23(14-9-19)34(32,33)30(17-22-12-15-24(27)25(28)16-22)18-26(31)29-20(2)10-11-21-6-4-3-5-7-21/h3-9,12-16,20H,10-11,17-18H2,1-2H3,(H,29,31)/t20-/m1/s1. The van der Waals surface area contributed by atoms with Crippen molar-refractivity contribution in [2.45, 2.75) is 44.2 Å². The number of benzene rings is 3. The molecule has 1 atom stereocenters.